The number of aliphatic hydroxyl groups is 2. The number of rotatable bonds is 19. The van der Waals surface area contributed by atoms with E-state index in [-0.39, 0.29) is 12.8 Å². The summed E-state index contributed by atoms with van der Waals surface area (Å²) in [7, 11) is 0. The first-order valence-electron chi connectivity index (χ1n) is 13.1. The molecule has 3 N–H and O–H groups in total. The van der Waals surface area contributed by atoms with Crippen molar-refractivity contribution in [2.75, 3.05) is 0 Å². The van der Waals surface area contributed by atoms with E-state index in [0.717, 1.165) is 64.2 Å². The molecule has 34 heavy (non-hydrogen) atoms. The quantitative estimate of drug-likeness (QED) is 0.141. The molecule has 198 valence electrons. The van der Waals surface area contributed by atoms with Gasteiger partial charge in [0.25, 0.3) is 0 Å². The molecule has 2 heterocycles. The number of carboxylic acids is 1. The number of hydrogen-bond acceptors (Lipinski definition) is 8. The van der Waals surface area contributed by atoms with Crippen LogP contribution in [0.25, 0.3) is 0 Å². The summed E-state index contributed by atoms with van der Waals surface area (Å²) in [6, 6.07) is 0. The standard InChI is InChI=1S/C25H44O9/c1-3-5-7-9-11-13-17(15-19(26)27)31-20(28)16-18(14-12-10-8-6-4-2)32-24-22(30)21(29)23-25(33-23)34-24/h17-18,21-25,29-30H,3-16H2,1-2H3,(H,26,27)/t17-,18-,21?,22+,23-,24?,25?/m1/s1. The number of ether oxygens (including phenoxy) is 4. The van der Waals surface area contributed by atoms with Crippen LogP contribution in [0.1, 0.15) is 104 Å². The summed E-state index contributed by atoms with van der Waals surface area (Å²) in [6.07, 6.45) is 5.23. The lowest BCUT2D eigenvalue weighted by Crippen LogP contribution is -2.50. The van der Waals surface area contributed by atoms with Gasteiger partial charge in [-0.15, -0.1) is 0 Å². The Kier molecular flexibility index (Phi) is 13.4. The highest BCUT2D eigenvalue weighted by molar-refractivity contribution is 5.72. The number of carboxylic acid groups (broad SMARTS) is 1. The van der Waals surface area contributed by atoms with E-state index in [0.29, 0.717) is 12.8 Å². The van der Waals surface area contributed by atoms with E-state index in [2.05, 4.69) is 13.8 Å². The highest BCUT2D eigenvalue weighted by Crippen LogP contribution is 2.36. The number of hydrogen-bond donors (Lipinski definition) is 3. The van der Waals surface area contributed by atoms with Crippen molar-refractivity contribution in [3.63, 3.8) is 0 Å². The molecule has 0 aliphatic carbocycles. The van der Waals surface area contributed by atoms with Crippen molar-refractivity contribution in [1.82, 2.24) is 0 Å². The lowest BCUT2D eigenvalue weighted by atomic mass is 10.0. The van der Waals surface area contributed by atoms with Crippen LogP contribution in [-0.4, -0.2) is 70.4 Å². The van der Waals surface area contributed by atoms with Gasteiger partial charge in [0.05, 0.1) is 18.9 Å². The van der Waals surface area contributed by atoms with Crippen molar-refractivity contribution in [2.45, 2.75) is 147 Å². The van der Waals surface area contributed by atoms with Crippen molar-refractivity contribution in [2.24, 2.45) is 0 Å². The molecule has 3 unspecified atom stereocenters. The minimum absolute atomic E-state index is 0.0721. The van der Waals surface area contributed by atoms with E-state index in [1.54, 1.807) is 0 Å². The summed E-state index contributed by atoms with van der Waals surface area (Å²) in [5, 5.41) is 29.6. The molecule has 0 amide bonds. The number of aliphatic hydroxyl groups excluding tert-OH is 2. The number of aliphatic carboxylic acids is 1. The fraction of sp³-hybridized carbons (Fsp3) is 0.920. The Bertz CT molecular complexity index is 599. The van der Waals surface area contributed by atoms with Crippen LogP contribution in [0.4, 0.5) is 0 Å². The van der Waals surface area contributed by atoms with Gasteiger partial charge in [0.1, 0.15) is 24.4 Å². The molecule has 7 atom stereocenters. The summed E-state index contributed by atoms with van der Waals surface area (Å²) in [6.45, 7) is 4.27. The first kappa shape index (κ1) is 29.0. The van der Waals surface area contributed by atoms with Gasteiger partial charge in [-0.05, 0) is 19.3 Å². The molecule has 0 spiro atoms. The van der Waals surface area contributed by atoms with E-state index < -0.39 is 55.0 Å². The Labute approximate surface area is 203 Å². The molecule has 2 aliphatic rings. The molecule has 0 aromatic carbocycles. The smallest absolute Gasteiger partial charge is 0.308 e. The second-order valence-corrected chi connectivity index (χ2v) is 9.53. The molecule has 0 aromatic heterocycles. The van der Waals surface area contributed by atoms with Crippen LogP contribution in [0.15, 0.2) is 0 Å². The topological polar surface area (TPSA) is 135 Å². The van der Waals surface area contributed by atoms with Gasteiger partial charge < -0.3 is 34.3 Å². The van der Waals surface area contributed by atoms with E-state index in [9.17, 15) is 24.9 Å². The molecule has 2 rings (SSSR count). The zero-order valence-electron chi connectivity index (χ0n) is 20.7. The van der Waals surface area contributed by atoms with E-state index in [1.807, 2.05) is 0 Å². The molecular weight excluding hydrogens is 444 g/mol. The Balaban J connectivity index is 1.88. The summed E-state index contributed by atoms with van der Waals surface area (Å²) in [5.74, 6) is -1.52. The minimum Gasteiger partial charge on any atom is -0.481 e. The summed E-state index contributed by atoms with van der Waals surface area (Å²) >= 11 is 0. The van der Waals surface area contributed by atoms with E-state index >= 15 is 0 Å². The van der Waals surface area contributed by atoms with Crippen molar-refractivity contribution in [3.8, 4) is 0 Å². The fourth-order valence-electron chi connectivity index (χ4n) is 4.32. The zero-order valence-corrected chi connectivity index (χ0v) is 20.7. The van der Waals surface area contributed by atoms with E-state index in [1.165, 1.54) is 0 Å². The normalized spacial score (nSPS) is 27.6. The number of esters is 1. The third kappa shape index (κ3) is 10.6. The van der Waals surface area contributed by atoms with Crippen LogP contribution in [-0.2, 0) is 28.5 Å². The maximum Gasteiger partial charge on any atom is 0.308 e. The van der Waals surface area contributed by atoms with Crippen molar-refractivity contribution >= 4 is 11.9 Å². The molecular formula is C25H44O9. The van der Waals surface area contributed by atoms with Gasteiger partial charge in [0.2, 0.25) is 0 Å². The number of carbonyl (C=O) groups excluding carboxylic acids is 1. The molecule has 0 aromatic rings. The summed E-state index contributed by atoms with van der Waals surface area (Å²) in [5.41, 5.74) is 0. The highest BCUT2D eigenvalue weighted by atomic mass is 16.8. The maximum atomic E-state index is 12.7. The first-order chi connectivity index (χ1) is 16.3. The van der Waals surface area contributed by atoms with Crippen LogP contribution < -0.4 is 0 Å². The fourth-order valence-corrected chi connectivity index (χ4v) is 4.32. The average molecular weight is 489 g/mol. The van der Waals surface area contributed by atoms with Gasteiger partial charge in [-0.1, -0.05) is 71.6 Å². The predicted molar refractivity (Wildman–Crippen MR) is 124 cm³/mol. The second-order valence-electron chi connectivity index (χ2n) is 9.53. The second kappa shape index (κ2) is 15.7. The van der Waals surface area contributed by atoms with Crippen molar-refractivity contribution in [1.29, 1.82) is 0 Å². The van der Waals surface area contributed by atoms with Crippen LogP contribution >= 0.6 is 0 Å². The van der Waals surface area contributed by atoms with Gasteiger partial charge in [-0.25, -0.2) is 0 Å². The highest BCUT2D eigenvalue weighted by Gasteiger charge is 2.57. The molecule has 9 nitrogen and oxygen atoms in total. The van der Waals surface area contributed by atoms with Crippen molar-refractivity contribution < 1.29 is 43.9 Å². The van der Waals surface area contributed by atoms with Gasteiger partial charge in [0.15, 0.2) is 12.6 Å². The molecule has 2 saturated heterocycles. The van der Waals surface area contributed by atoms with Gasteiger partial charge in [-0.2, -0.15) is 0 Å². The lowest BCUT2D eigenvalue weighted by Gasteiger charge is -2.32. The molecule has 2 aliphatic heterocycles. The number of fused-ring (bicyclic) bond motifs is 1. The summed E-state index contributed by atoms with van der Waals surface area (Å²) < 4.78 is 22.1. The minimum atomic E-state index is -1.27. The number of unbranched alkanes of at least 4 members (excludes halogenated alkanes) is 8. The molecule has 0 radical (unpaired) electrons. The van der Waals surface area contributed by atoms with Crippen LogP contribution in [0.5, 0.6) is 0 Å². The lowest BCUT2D eigenvalue weighted by molar-refractivity contribution is -0.261. The first-order valence-corrected chi connectivity index (χ1v) is 13.1. The largest absolute Gasteiger partial charge is 0.481 e. The molecule has 0 bridgehead atoms. The monoisotopic (exact) mass is 488 g/mol. The number of epoxide rings is 1. The number of carbonyl (C=O) groups is 2. The van der Waals surface area contributed by atoms with Gasteiger partial charge in [-0.3, -0.25) is 9.59 Å². The molecule has 2 fully saturated rings. The Morgan fingerprint density at radius 3 is 1.97 bits per heavy atom. The Morgan fingerprint density at radius 2 is 1.38 bits per heavy atom. The van der Waals surface area contributed by atoms with Crippen LogP contribution in [0.3, 0.4) is 0 Å². The Hall–Kier alpha value is -1.26. The molecule has 9 heteroatoms. The third-order valence-electron chi connectivity index (χ3n) is 6.40. The van der Waals surface area contributed by atoms with Crippen LogP contribution in [0, 0.1) is 0 Å². The Morgan fingerprint density at radius 1 is 0.794 bits per heavy atom. The maximum absolute atomic E-state index is 12.7. The SMILES string of the molecule is CCCCCCC[C@H](CC(=O)O)OC(=O)C[C@@H](CCCCCCC)OC1OC2O[C@@H]2C(O)[C@@H]1O. The predicted octanol–water partition coefficient (Wildman–Crippen LogP) is 3.67. The van der Waals surface area contributed by atoms with E-state index in [4.69, 9.17) is 18.9 Å². The summed E-state index contributed by atoms with van der Waals surface area (Å²) in [4.78, 5) is 23.9. The van der Waals surface area contributed by atoms with Crippen LogP contribution in [0.2, 0.25) is 0 Å². The van der Waals surface area contributed by atoms with Gasteiger partial charge in [0, 0.05) is 0 Å². The van der Waals surface area contributed by atoms with Gasteiger partial charge >= 0.3 is 11.9 Å². The third-order valence-corrected chi connectivity index (χ3v) is 6.40. The van der Waals surface area contributed by atoms with Crippen molar-refractivity contribution in [3.05, 3.63) is 0 Å². The zero-order chi connectivity index (χ0) is 24.9. The average Bonchev–Trinajstić information content (AvgIpc) is 3.56. The molecule has 0 saturated carbocycles.